The summed E-state index contributed by atoms with van der Waals surface area (Å²) in [4.78, 5) is 2.62. The Morgan fingerprint density at radius 3 is 2.22 bits per heavy atom. The second kappa shape index (κ2) is 6.94. The molecule has 1 aromatic rings. The number of likely N-dealkylation sites (tertiary alicyclic amines) is 1. The lowest BCUT2D eigenvalue weighted by Crippen LogP contribution is -2.35. The smallest absolute Gasteiger partial charge is 0.0233 e. The van der Waals surface area contributed by atoms with Crippen LogP contribution in [0.15, 0.2) is 30.3 Å². The zero-order valence-corrected chi connectivity index (χ0v) is 11.9. The fraction of sp³-hybridized carbons (Fsp3) is 0.647. The van der Waals surface area contributed by atoms with Gasteiger partial charge in [0.05, 0.1) is 0 Å². The quantitative estimate of drug-likeness (QED) is 0.746. The van der Waals surface area contributed by atoms with Crippen LogP contribution in [0.3, 0.4) is 0 Å². The molecule has 1 aliphatic rings. The molecule has 0 unspecified atom stereocenters. The SMILES string of the molecule is CCC(CC)C1CCN(Cc2ccccc2)CC1. The Balaban J connectivity index is 1.80. The predicted octanol–water partition coefficient (Wildman–Crippen LogP) is 4.33. The van der Waals surface area contributed by atoms with E-state index in [1.165, 1.54) is 44.3 Å². The van der Waals surface area contributed by atoms with Gasteiger partial charge in [-0.3, -0.25) is 4.90 Å². The van der Waals surface area contributed by atoms with E-state index in [0.717, 1.165) is 18.4 Å². The Bertz CT molecular complexity index is 321. The van der Waals surface area contributed by atoms with Crippen LogP contribution in [0.2, 0.25) is 0 Å². The molecule has 0 aromatic heterocycles. The van der Waals surface area contributed by atoms with Crippen LogP contribution in [0, 0.1) is 11.8 Å². The molecule has 1 aromatic carbocycles. The van der Waals surface area contributed by atoms with E-state index in [1.54, 1.807) is 0 Å². The van der Waals surface area contributed by atoms with E-state index < -0.39 is 0 Å². The first-order valence-electron chi connectivity index (χ1n) is 7.59. The van der Waals surface area contributed by atoms with E-state index in [-0.39, 0.29) is 0 Å². The third-order valence-electron chi connectivity index (χ3n) is 4.60. The molecule has 0 bridgehead atoms. The molecule has 0 amide bonds. The lowest BCUT2D eigenvalue weighted by Gasteiger charge is -2.35. The summed E-state index contributed by atoms with van der Waals surface area (Å²) < 4.78 is 0. The lowest BCUT2D eigenvalue weighted by molar-refractivity contribution is 0.137. The van der Waals surface area contributed by atoms with Gasteiger partial charge in [0.25, 0.3) is 0 Å². The largest absolute Gasteiger partial charge is 0.299 e. The summed E-state index contributed by atoms with van der Waals surface area (Å²) in [7, 11) is 0. The van der Waals surface area contributed by atoms with Gasteiger partial charge in [-0.05, 0) is 43.3 Å². The average Bonchev–Trinajstić information content (AvgIpc) is 2.43. The van der Waals surface area contributed by atoms with Crippen molar-refractivity contribution in [3.63, 3.8) is 0 Å². The highest BCUT2D eigenvalue weighted by atomic mass is 15.1. The highest BCUT2D eigenvalue weighted by molar-refractivity contribution is 5.14. The van der Waals surface area contributed by atoms with Crippen molar-refractivity contribution in [2.75, 3.05) is 13.1 Å². The molecular weight excluding hydrogens is 218 g/mol. The van der Waals surface area contributed by atoms with Crippen LogP contribution >= 0.6 is 0 Å². The standard InChI is InChI=1S/C17H27N/c1-3-16(4-2)17-10-12-18(13-11-17)14-15-8-6-5-7-9-15/h5-9,16-17H,3-4,10-14H2,1-2H3. The molecular formula is C17H27N. The van der Waals surface area contributed by atoms with Gasteiger partial charge in [-0.1, -0.05) is 57.0 Å². The summed E-state index contributed by atoms with van der Waals surface area (Å²) in [6.45, 7) is 8.41. The Labute approximate surface area is 112 Å². The molecule has 18 heavy (non-hydrogen) atoms. The minimum absolute atomic E-state index is 0.962. The van der Waals surface area contributed by atoms with Crippen molar-refractivity contribution < 1.29 is 0 Å². The summed E-state index contributed by atoms with van der Waals surface area (Å²) >= 11 is 0. The van der Waals surface area contributed by atoms with Crippen LogP contribution in [0.25, 0.3) is 0 Å². The second-order valence-corrected chi connectivity index (χ2v) is 5.68. The highest BCUT2D eigenvalue weighted by Gasteiger charge is 2.24. The summed E-state index contributed by atoms with van der Waals surface area (Å²) in [5.41, 5.74) is 1.46. The average molecular weight is 245 g/mol. The molecule has 0 spiro atoms. The van der Waals surface area contributed by atoms with Gasteiger partial charge >= 0.3 is 0 Å². The first-order valence-corrected chi connectivity index (χ1v) is 7.59. The zero-order valence-electron chi connectivity index (χ0n) is 11.9. The number of rotatable bonds is 5. The molecule has 0 N–H and O–H groups in total. The van der Waals surface area contributed by atoms with Gasteiger partial charge in [-0.2, -0.15) is 0 Å². The van der Waals surface area contributed by atoms with Gasteiger partial charge in [-0.25, -0.2) is 0 Å². The zero-order chi connectivity index (χ0) is 12.8. The maximum absolute atomic E-state index is 2.62. The van der Waals surface area contributed by atoms with Crippen molar-refractivity contribution in [2.45, 2.75) is 46.1 Å². The van der Waals surface area contributed by atoms with Crippen LogP contribution < -0.4 is 0 Å². The van der Waals surface area contributed by atoms with Gasteiger partial charge in [0.2, 0.25) is 0 Å². The fourth-order valence-corrected chi connectivity index (χ4v) is 3.38. The molecule has 0 radical (unpaired) electrons. The van der Waals surface area contributed by atoms with Crippen molar-refractivity contribution in [1.82, 2.24) is 4.90 Å². The first-order chi connectivity index (χ1) is 8.83. The number of hydrogen-bond acceptors (Lipinski definition) is 1. The Morgan fingerprint density at radius 1 is 1.06 bits per heavy atom. The molecule has 100 valence electrons. The van der Waals surface area contributed by atoms with Crippen LogP contribution in [-0.2, 0) is 6.54 Å². The first kappa shape index (κ1) is 13.6. The Kier molecular flexibility index (Phi) is 5.25. The molecule has 0 aliphatic carbocycles. The van der Waals surface area contributed by atoms with Crippen LogP contribution in [0.5, 0.6) is 0 Å². The molecule has 1 fully saturated rings. The summed E-state index contributed by atoms with van der Waals surface area (Å²) in [5.74, 6) is 1.94. The normalized spacial score (nSPS) is 18.4. The number of nitrogens with zero attached hydrogens (tertiary/aromatic N) is 1. The summed E-state index contributed by atoms with van der Waals surface area (Å²) in [5, 5.41) is 0. The van der Waals surface area contributed by atoms with E-state index in [9.17, 15) is 0 Å². The van der Waals surface area contributed by atoms with Crippen LogP contribution in [-0.4, -0.2) is 18.0 Å². The molecule has 1 nitrogen and oxygen atoms in total. The Morgan fingerprint density at radius 2 is 1.67 bits per heavy atom. The van der Waals surface area contributed by atoms with Crippen LogP contribution in [0.4, 0.5) is 0 Å². The highest BCUT2D eigenvalue weighted by Crippen LogP contribution is 2.29. The maximum atomic E-state index is 2.62. The maximum Gasteiger partial charge on any atom is 0.0233 e. The molecule has 1 aliphatic heterocycles. The molecule has 0 saturated carbocycles. The number of benzene rings is 1. The van der Waals surface area contributed by atoms with Gasteiger partial charge in [0, 0.05) is 6.54 Å². The van der Waals surface area contributed by atoms with E-state index in [0.29, 0.717) is 0 Å². The van der Waals surface area contributed by atoms with Gasteiger partial charge < -0.3 is 0 Å². The van der Waals surface area contributed by atoms with Gasteiger partial charge in [-0.15, -0.1) is 0 Å². The molecule has 2 rings (SSSR count). The van der Waals surface area contributed by atoms with E-state index in [2.05, 4.69) is 49.1 Å². The summed E-state index contributed by atoms with van der Waals surface area (Å²) in [6.07, 6.45) is 5.53. The van der Waals surface area contributed by atoms with Crippen molar-refractivity contribution in [2.24, 2.45) is 11.8 Å². The Hall–Kier alpha value is -0.820. The van der Waals surface area contributed by atoms with Crippen molar-refractivity contribution in [1.29, 1.82) is 0 Å². The molecule has 1 saturated heterocycles. The minimum atomic E-state index is 0.962. The van der Waals surface area contributed by atoms with E-state index in [1.807, 2.05) is 0 Å². The molecule has 1 heterocycles. The molecule has 0 atom stereocenters. The molecule has 1 heteroatoms. The van der Waals surface area contributed by atoms with E-state index >= 15 is 0 Å². The predicted molar refractivity (Wildman–Crippen MR) is 78.5 cm³/mol. The number of piperidine rings is 1. The number of hydrogen-bond donors (Lipinski definition) is 0. The lowest BCUT2D eigenvalue weighted by atomic mass is 9.81. The third-order valence-corrected chi connectivity index (χ3v) is 4.60. The van der Waals surface area contributed by atoms with Crippen molar-refractivity contribution >= 4 is 0 Å². The van der Waals surface area contributed by atoms with E-state index in [4.69, 9.17) is 0 Å². The monoisotopic (exact) mass is 245 g/mol. The fourth-order valence-electron chi connectivity index (χ4n) is 3.38. The summed E-state index contributed by atoms with van der Waals surface area (Å²) in [6, 6.07) is 10.9. The van der Waals surface area contributed by atoms with Crippen LogP contribution in [0.1, 0.15) is 45.1 Å². The second-order valence-electron chi connectivity index (χ2n) is 5.68. The van der Waals surface area contributed by atoms with Gasteiger partial charge in [0.15, 0.2) is 0 Å². The van der Waals surface area contributed by atoms with Gasteiger partial charge in [0.1, 0.15) is 0 Å². The minimum Gasteiger partial charge on any atom is -0.299 e. The van der Waals surface area contributed by atoms with Crippen molar-refractivity contribution in [3.05, 3.63) is 35.9 Å². The third kappa shape index (κ3) is 3.58. The van der Waals surface area contributed by atoms with Crippen molar-refractivity contribution in [3.8, 4) is 0 Å². The topological polar surface area (TPSA) is 3.24 Å².